The minimum Gasteiger partial charge on any atom is -0.507 e. The monoisotopic (exact) mass is 597 g/mol. The van der Waals surface area contributed by atoms with Gasteiger partial charge in [0, 0.05) is 48.6 Å². The number of alkyl halides is 3. The predicted octanol–water partition coefficient (Wildman–Crippen LogP) is 5.25. The normalized spacial score (nSPS) is 10.3. The third kappa shape index (κ3) is 8.64. The van der Waals surface area contributed by atoms with Crippen molar-refractivity contribution in [3.8, 4) is 22.9 Å². The molecule has 3 aromatic rings. The molecule has 0 spiro atoms. The van der Waals surface area contributed by atoms with Gasteiger partial charge in [-0.1, -0.05) is 13.0 Å². The highest BCUT2D eigenvalue weighted by Gasteiger charge is 2.35. The Kier molecular flexibility index (Phi) is 11.1. The van der Waals surface area contributed by atoms with Crippen molar-refractivity contribution in [1.82, 2.24) is 0 Å². The number of nitrogens with one attached hydrogen (secondary N) is 4. The Morgan fingerprint density at radius 1 is 1.00 bits per heavy atom. The van der Waals surface area contributed by atoms with Crippen LogP contribution in [-0.4, -0.2) is 47.0 Å². The van der Waals surface area contributed by atoms with Crippen molar-refractivity contribution in [2.24, 2.45) is 0 Å². The molecule has 0 bridgehead atoms. The average molecular weight is 598 g/mol. The average Bonchev–Trinajstić information content (AvgIpc) is 2.96. The summed E-state index contributed by atoms with van der Waals surface area (Å²) in [5.74, 6) is -2.72. The second-order valence-corrected chi connectivity index (χ2v) is 8.71. The van der Waals surface area contributed by atoms with Gasteiger partial charge in [0.2, 0.25) is 11.8 Å². The Hall–Kier alpha value is -5.71. The molecule has 0 saturated heterocycles. The molecule has 0 unspecified atom stereocenters. The van der Waals surface area contributed by atoms with Crippen molar-refractivity contribution in [1.29, 1.82) is 10.7 Å². The summed E-state index contributed by atoms with van der Waals surface area (Å²) in [6, 6.07) is 11.5. The Balaban J connectivity index is 0.000000413. The van der Waals surface area contributed by atoms with Crippen LogP contribution in [0.15, 0.2) is 48.5 Å². The van der Waals surface area contributed by atoms with Gasteiger partial charge < -0.3 is 26.2 Å². The fourth-order valence-electron chi connectivity index (χ4n) is 3.74. The smallest absolute Gasteiger partial charge is 0.417 e. The second kappa shape index (κ2) is 14.3. The summed E-state index contributed by atoms with van der Waals surface area (Å²) >= 11 is 0. The lowest BCUT2D eigenvalue weighted by Gasteiger charge is -2.19. The molecule has 0 aliphatic heterocycles. The largest absolute Gasteiger partial charge is 0.507 e. The molecule has 43 heavy (non-hydrogen) atoms. The third-order valence-corrected chi connectivity index (χ3v) is 5.72. The topological polar surface area (TPSA) is 192 Å². The van der Waals surface area contributed by atoms with Crippen LogP contribution in [0.3, 0.4) is 0 Å². The molecule has 0 aliphatic carbocycles. The molecule has 0 aliphatic rings. The summed E-state index contributed by atoms with van der Waals surface area (Å²) < 4.78 is 41.2. The number of rotatable bonds is 8. The van der Waals surface area contributed by atoms with E-state index in [1.807, 2.05) is 6.07 Å². The number of aromatic carboxylic acids is 1. The van der Waals surface area contributed by atoms with E-state index in [-0.39, 0.29) is 46.3 Å². The van der Waals surface area contributed by atoms with Gasteiger partial charge in [-0.3, -0.25) is 19.8 Å². The van der Waals surface area contributed by atoms with Crippen LogP contribution in [0.25, 0.3) is 11.1 Å². The molecule has 0 radical (unpaired) electrons. The summed E-state index contributed by atoms with van der Waals surface area (Å²) in [6.45, 7) is 2.69. The van der Waals surface area contributed by atoms with E-state index in [0.29, 0.717) is 11.3 Å². The molecule has 0 saturated carbocycles. The number of carbonyl (C=O) groups excluding carboxylic acids is 3. The molecule has 3 aromatic carbocycles. The highest BCUT2D eigenvalue weighted by Crippen LogP contribution is 2.43. The first-order chi connectivity index (χ1) is 20.2. The second-order valence-electron chi connectivity index (χ2n) is 8.71. The Bertz CT molecular complexity index is 1630. The molecule has 3 rings (SSSR count). The van der Waals surface area contributed by atoms with E-state index in [2.05, 4.69) is 16.0 Å². The van der Waals surface area contributed by atoms with Gasteiger partial charge in [-0.05, 0) is 48.0 Å². The van der Waals surface area contributed by atoms with Crippen molar-refractivity contribution >= 4 is 46.8 Å². The number of phenols is 1. The molecule has 0 aromatic heterocycles. The van der Waals surface area contributed by atoms with E-state index in [0.717, 1.165) is 31.2 Å². The van der Waals surface area contributed by atoms with E-state index < -0.39 is 41.0 Å². The first kappa shape index (κ1) is 33.5. The van der Waals surface area contributed by atoms with Gasteiger partial charge in [-0.25, -0.2) is 4.79 Å². The number of aldehydes is 1. The summed E-state index contributed by atoms with van der Waals surface area (Å²) in [4.78, 5) is 44.7. The predicted molar refractivity (Wildman–Crippen MR) is 152 cm³/mol. The van der Waals surface area contributed by atoms with E-state index in [1.54, 1.807) is 19.2 Å². The standard InChI is InChI=1S/C20H18F3N3O4.C9H8N2O2/c1-3-19(30)26-17-7-14(16(24)9-27)18(29)8-13(17)12-5-4-11(25-10(2)28)6-15(12)20(21,22)23;1-11-8-3-2-6(5-10)4-7(8)9(12)13/h4-9,24,29H,3H2,1-2H3,(H,25,28)(H,26,30);2-4,11H,1H3,(H,12,13). The van der Waals surface area contributed by atoms with Crippen molar-refractivity contribution < 1.29 is 42.6 Å². The fraction of sp³-hybridized carbons (Fsp3) is 0.172. The minimum atomic E-state index is -4.82. The number of nitrogens with zero attached hydrogens (tertiary/aromatic N) is 1. The van der Waals surface area contributed by atoms with Gasteiger partial charge in [0.1, 0.15) is 11.5 Å². The highest BCUT2D eigenvalue weighted by atomic mass is 19.4. The van der Waals surface area contributed by atoms with Gasteiger partial charge in [0.05, 0.1) is 22.8 Å². The maximum absolute atomic E-state index is 13.7. The number of nitriles is 1. The molecule has 2 amide bonds. The molecule has 11 nitrogen and oxygen atoms in total. The van der Waals surface area contributed by atoms with Crippen LogP contribution in [0.2, 0.25) is 0 Å². The number of carboxylic acid groups (broad SMARTS) is 1. The maximum Gasteiger partial charge on any atom is 0.417 e. The molecule has 0 fully saturated rings. The van der Waals surface area contributed by atoms with Crippen LogP contribution >= 0.6 is 0 Å². The highest BCUT2D eigenvalue weighted by molar-refractivity contribution is 6.35. The zero-order valence-electron chi connectivity index (χ0n) is 23.0. The number of halogens is 3. The zero-order valence-corrected chi connectivity index (χ0v) is 23.0. The summed E-state index contributed by atoms with van der Waals surface area (Å²) in [5, 5.41) is 42.5. The Morgan fingerprint density at radius 2 is 1.67 bits per heavy atom. The third-order valence-electron chi connectivity index (χ3n) is 5.72. The summed E-state index contributed by atoms with van der Waals surface area (Å²) in [7, 11) is 1.63. The molecule has 224 valence electrons. The molecule has 0 heterocycles. The van der Waals surface area contributed by atoms with Crippen molar-refractivity contribution in [3.05, 3.63) is 70.8 Å². The number of anilines is 3. The lowest BCUT2D eigenvalue weighted by molar-refractivity contribution is -0.137. The van der Waals surface area contributed by atoms with Crippen LogP contribution in [0, 0.1) is 16.7 Å². The minimum absolute atomic E-state index is 0.0222. The maximum atomic E-state index is 13.7. The van der Waals surface area contributed by atoms with Crippen LogP contribution in [-0.2, 0) is 20.6 Å². The van der Waals surface area contributed by atoms with Gasteiger partial charge in [0.25, 0.3) is 0 Å². The van der Waals surface area contributed by atoms with Gasteiger partial charge in [-0.2, -0.15) is 18.4 Å². The summed E-state index contributed by atoms with van der Waals surface area (Å²) in [6.07, 6.45) is -4.64. The number of amides is 2. The van der Waals surface area contributed by atoms with Crippen molar-refractivity contribution in [3.63, 3.8) is 0 Å². The molecule has 0 atom stereocenters. The van der Waals surface area contributed by atoms with Gasteiger partial charge in [0.15, 0.2) is 6.29 Å². The lowest BCUT2D eigenvalue weighted by atomic mass is 9.94. The van der Waals surface area contributed by atoms with Gasteiger partial charge >= 0.3 is 12.1 Å². The number of carboxylic acids is 1. The zero-order chi connectivity index (χ0) is 32.5. The first-order valence-corrected chi connectivity index (χ1v) is 12.3. The van der Waals surface area contributed by atoms with Crippen LogP contribution in [0.5, 0.6) is 5.75 Å². The van der Waals surface area contributed by atoms with Crippen LogP contribution in [0.4, 0.5) is 30.2 Å². The quantitative estimate of drug-likeness (QED) is 0.115. The lowest BCUT2D eigenvalue weighted by Crippen LogP contribution is -2.14. The van der Waals surface area contributed by atoms with E-state index in [1.165, 1.54) is 19.1 Å². The van der Waals surface area contributed by atoms with E-state index in [4.69, 9.17) is 15.8 Å². The SMILES string of the molecule is CCC(=O)Nc1cc(C(=N)C=O)c(O)cc1-c1ccc(NC(C)=O)cc1C(F)(F)F.CNc1ccc(C#N)cc1C(=O)O. The Labute approximate surface area is 243 Å². The first-order valence-electron chi connectivity index (χ1n) is 12.3. The van der Waals surface area contributed by atoms with Crippen molar-refractivity contribution in [2.45, 2.75) is 26.4 Å². The summed E-state index contributed by atoms with van der Waals surface area (Å²) in [5.41, 5.74) is -1.74. The molecule has 6 N–H and O–H groups in total. The number of hydrogen-bond donors (Lipinski definition) is 6. The number of phenolic OH excluding ortho intramolecular Hbond substituents is 1. The number of carbonyl (C=O) groups is 4. The van der Waals surface area contributed by atoms with Crippen molar-refractivity contribution in [2.75, 3.05) is 23.0 Å². The van der Waals surface area contributed by atoms with Gasteiger partial charge in [-0.15, -0.1) is 0 Å². The van der Waals surface area contributed by atoms with Crippen LogP contribution < -0.4 is 16.0 Å². The molecular formula is C29H26F3N5O6. The Morgan fingerprint density at radius 3 is 2.19 bits per heavy atom. The number of benzene rings is 3. The van der Waals surface area contributed by atoms with Crippen LogP contribution in [0.1, 0.15) is 47.3 Å². The fourth-order valence-corrected chi connectivity index (χ4v) is 3.74. The molecular weight excluding hydrogens is 571 g/mol. The van der Waals surface area contributed by atoms with E-state index in [9.17, 15) is 37.5 Å². The number of aromatic hydroxyl groups is 1. The van der Waals surface area contributed by atoms with E-state index >= 15 is 0 Å². The molecule has 14 heteroatoms. The number of hydrogen-bond acceptors (Lipinski definition) is 8.